The van der Waals surface area contributed by atoms with Crippen LogP contribution >= 0.6 is 0 Å². The number of hydrazone groups is 1. The Labute approximate surface area is 577 Å². The normalized spacial score (nSPS) is 26.6. The van der Waals surface area contributed by atoms with E-state index in [0.717, 1.165) is 58.2 Å². The van der Waals surface area contributed by atoms with Gasteiger partial charge in [-0.05, 0) is 59.9 Å². The standard InChI is InChI=1S/C43H58N4O12.C18H20FN3O4.C10H24N2O2/c1-21-12-11-13-22(2)42(55)45-33-28(20-44-47-17-15-46(9)16-18-47)37(52)30-31(38(33)53)36(51)26(6)40-32(30)41(54)43(8,59-40)57-19-14-29(56-10)23(3)39(58-27(7)48)25(5)35(50)24(4)34(21)49;1-10-9-26-17-14-11(16(23)12(18(24)25)8-22(10)14)7-13(19)15(17)21-5-3-20(2)4-6-21;1-3-9(7-13)11-5-6-12-10(4-2)8-14/h11-14,19-21,23-25,29,34-35,39,49-53H,15-18H2,1-10H3,(H,45,55);7-8,10H,3-6,9H2,1-2H3,(H,24,25);9-14H,3-8H2,1-2H3/b12-11+,19-14+,22-13-,44-20+;;/t21-,23+,24+,25+,29-,34-,35+,39+,43-;10-;9-,10-/m000/s1. The molecule has 28 heteroatoms. The summed E-state index contributed by atoms with van der Waals surface area (Å²) in [6.07, 6.45) is 8.08. The Morgan fingerprint density at radius 1 is 0.838 bits per heavy atom. The molecule has 2 saturated heterocycles. The molecule has 0 aliphatic carbocycles. The summed E-state index contributed by atoms with van der Waals surface area (Å²) >= 11 is 0. The van der Waals surface area contributed by atoms with Crippen LogP contribution in [0.2, 0.25) is 0 Å². The summed E-state index contributed by atoms with van der Waals surface area (Å²) in [6, 6.07) is 1.39. The topological polar surface area (TPSA) is 360 Å². The molecule has 0 radical (unpaired) electrons. The van der Waals surface area contributed by atoms with E-state index in [4.69, 9.17) is 33.9 Å². The second kappa shape index (κ2) is 34.4. The second-order valence-electron chi connectivity index (χ2n) is 26.6. The molecule has 5 bridgehead atoms. The van der Waals surface area contributed by atoms with Gasteiger partial charge in [0, 0.05) is 145 Å². The number of phenolic OH excluding ortho intramolecular Hbond substituents is 3. The fourth-order valence-corrected chi connectivity index (χ4v) is 12.8. The number of aliphatic hydroxyl groups is 4. The number of aromatic nitrogens is 1. The van der Waals surface area contributed by atoms with Crippen molar-refractivity contribution in [1.82, 2.24) is 30.0 Å². The van der Waals surface area contributed by atoms with E-state index in [2.05, 4.69) is 30.9 Å². The molecular weight excluding hydrogens is 1290 g/mol. The van der Waals surface area contributed by atoms with Crippen LogP contribution in [0.5, 0.6) is 28.7 Å². The molecule has 6 aliphatic rings. The summed E-state index contributed by atoms with van der Waals surface area (Å²) in [5.41, 5.74) is -0.574. The molecule has 99 heavy (non-hydrogen) atoms. The zero-order valence-electron chi connectivity index (χ0n) is 59.3. The highest BCUT2D eigenvalue weighted by Gasteiger charge is 2.50. The van der Waals surface area contributed by atoms with Gasteiger partial charge < -0.3 is 99.8 Å². The molecular formula is C71H102FN9O18. The maximum atomic E-state index is 15.0. The Balaban J connectivity index is 0.000000279. The lowest BCUT2D eigenvalue weighted by Crippen LogP contribution is -2.46. The lowest BCUT2D eigenvalue weighted by Gasteiger charge is -2.38. The highest BCUT2D eigenvalue weighted by molar-refractivity contribution is 6.24. The minimum Gasteiger partial charge on any atom is -0.507 e. The van der Waals surface area contributed by atoms with Gasteiger partial charge in [-0.25, -0.2) is 9.18 Å². The molecule has 11 N–H and O–H groups in total. The number of aromatic carboxylic acids is 1. The summed E-state index contributed by atoms with van der Waals surface area (Å²) in [5, 5.41) is 100. The number of allylic oxidation sites excluding steroid dienone is 2. The van der Waals surface area contributed by atoms with Crippen molar-refractivity contribution in [3.63, 3.8) is 0 Å². The van der Waals surface area contributed by atoms with Gasteiger partial charge in [-0.1, -0.05) is 59.8 Å². The van der Waals surface area contributed by atoms with E-state index in [9.17, 15) is 59.0 Å². The van der Waals surface area contributed by atoms with Crippen LogP contribution in [-0.4, -0.2) is 239 Å². The molecule has 1 amide bonds. The molecule has 6 aliphatic heterocycles. The number of pyridine rings is 1. The van der Waals surface area contributed by atoms with E-state index >= 15 is 0 Å². The Morgan fingerprint density at radius 2 is 1.44 bits per heavy atom. The third-order valence-electron chi connectivity index (χ3n) is 19.5. The average molecular weight is 1390 g/mol. The molecule has 2 fully saturated rings. The number of benzene rings is 3. The van der Waals surface area contributed by atoms with Crippen LogP contribution in [0.3, 0.4) is 0 Å². The number of Topliss-reactive ketones (excluding diaryl/α,β-unsaturated/α-hetero) is 1. The quantitative estimate of drug-likeness (QED) is 0.0227. The van der Waals surface area contributed by atoms with E-state index in [1.807, 2.05) is 39.8 Å². The van der Waals surface area contributed by atoms with Gasteiger partial charge >= 0.3 is 17.7 Å². The molecule has 0 saturated carbocycles. The molecule has 10 rings (SSSR count). The van der Waals surface area contributed by atoms with Crippen LogP contribution in [0.25, 0.3) is 21.7 Å². The number of methoxy groups -OCH3 is 1. The van der Waals surface area contributed by atoms with Crippen molar-refractivity contribution in [1.29, 1.82) is 0 Å². The maximum absolute atomic E-state index is 15.0. The molecule has 0 spiro atoms. The number of likely N-dealkylation sites (N-methyl/N-ethyl adjacent to an activating group) is 2. The van der Waals surface area contributed by atoms with Crippen molar-refractivity contribution in [2.75, 3.05) is 117 Å². The van der Waals surface area contributed by atoms with Crippen LogP contribution in [0.4, 0.5) is 15.8 Å². The Morgan fingerprint density at radius 3 is 2.01 bits per heavy atom. The third kappa shape index (κ3) is 17.6. The highest BCUT2D eigenvalue weighted by Crippen LogP contribution is 2.55. The van der Waals surface area contributed by atoms with E-state index in [0.29, 0.717) is 43.1 Å². The predicted octanol–water partition coefficient (Wildman–Crippen LogP) is 5.59. The maximum Gasteiger partial charge on any atom is 0.341 e. The van der Waals surface area contributed by atoms with Crippen LogP contribution in [0.1, 0.15) is 120 Å². The lowest BCUT2D eigenvalue weighted by molar-refractivity contribution is -0.160. The van der Waals surface area contributed by atoms with Crippen molar-refractivity contribution >= 4 is 62.9 Å². The van der Waals surface area contributed by atoms with E-state index < -0.39 is 106 Å². The van der Waals surface area contributed by atoms with Gasteiger partial charge in [0.25, 0.3) is 11.7 Å². The number of phenols is 3. The van der Waals surface area contributed by atoms with Gasteiger partial charge in [0.1, 0.15) is 41.2 Å². The monoisotopic (exact) mass is 1390 g/mol. The molecule has 1 aromatic heterocycles. The first-order valence-electron chi connectivity index (χ1n) is 33.8. The number of aliphatic hydroxyl groups excluding tert-OH is 4. The van der Waals surface area contributed by atoms with Gasteiger partial charge in [-0.15, -0.1) is 0 Å². The number of esters is 1. The SMILES string of the molecule is CC[C@@H](CO)NCCN[C@@H](CC)CO.CO[C@H]1/C=C/O[C@@]2(C)Oc3c(C)c(O)c4c(O)c(c(/C=N/N5CCN(C)CC5)c(O)c4c3C2=O)NC(=O)/C(C)=C\C=C\[C@H](C)[C@H](O)[C@@H](C)[C@@H](O)[C@@H](C)[C@H](OC(C)=O)[C@@H]1C.C[C@H]1COc2c(N3CCN(C)CC3)c(F)cc3c(=O)c(C(=O)O)cn1c23. The number of piperazine rings is 2. The molecule has 4 aromatic rings. The fraction of sp³-hybridized carbons (Fsp3) is 0.577. The molecule has 7 heterocycles. The van der Waals surface area contributed by atoms with Crippen molar-refractivity contribution in [3.05, 3.63) is 86.7 Å². The van der Waals surface area contributed by atoms with Crippen LogP contribution in [-0.2, 0) is 23.8 Å². The number of carbonyl (C=O) groups is 4. The van der Waals surface area contributed by atoms with Gasteiger partial charge in [-0.2, -0.15) is 5.10 Å². The number of aromatic hydroxyl groups is 3. The van der Waals surface area contributed by atoms with Crippen molar-refractivity contribution in [3.8, 4) is 28.7 Å². The number of hydrogen-bond acceptors (Lipinski definition) is 24. The number of ether oxygens (including phenoxy) is 5. The van der Waals surface area contributed by atoms with Crippen LogP contribution in [0.15, 0.2) is 58.3 Å². The predicted molar refractivity (Wildman–Crippen MR) is 374 cm³/mol. The van der Waals surface area contributed by atoms with Gasteiger partial charge in [0.2, 0.25) is 5.43 Å². The summed E-state index contributed by atoms with van der Waals surface area (Å²) in [6.45, 7) is 26.3. The number of nitrogens with one attached hydrogen (secondary N) is 3. The number of nitrogens with zero attached hydrogens (tertiary/aromatic N) is 6. The average Bonchev–Trinajstić information content (AvgIpc) is 1.66. The van der Waals surface area contributed by atoms with Crippen molar-refractivity contribution in [2.45, 2.75) is 137 Å². The van der Waals surface area contributed by atoms with Gasteiger partial charge in [-0.3, -0.25) is 24.2 Å². The van der Waals surface area contributed by atoms with Crippen molar-refractivity contribution < 1.29 is 88.1 Å². The first-order chi connectivity index (χ1) is 46.9. The van der Waals surface area contributed by atoms with Gasteiger partial charge in [0.05, 0.1) is 83.1 Å². The molecule has 546 valence electrons. The van der Waals surface area contributed by atoms with Crippen molar-refractivity contribution in [2.24, 2.45) is 28.8 Å². The fourth-order valence-electron chi connectivity index (χ4n) is 12.8. The molecule has 27 nitrogen and oxygen atoms in total. The van der Waals surface area contributed by atoms with Crippen LogP contribution in [0, 0.1) is 36.4 Å². The number of rotatable bonds is 15. The second-order valence-corrected chi connectivity index (χ2v) is 26.6. The highest BCUT2D eigenvalue weighted by atomic mass is 19.1. The lowest BCUT2D eigenvalue weighted by atomic mass is 9.78. The van der Waals surface area contributed by atoms with Crippen LogP contribution < -0.4 is 35.8 Å². The number of carboxylic acids is 1. The number of amides is 1. The summed E-state index contributed by atoms with van der Waals surface area (Å²) in [7, 11) is 5.44. The Kier molecular flexibility index (Phi) is 27.3. The zero-order chi connectivity index (χ0) is 73.1. The minimum absolute atomic E-state index is 0.0434. The summed E-state index contributed by atoms with van der Waals surface area (Å²) in [5.74, 6) is -9.89. The summed E-state index contributed by atoms with van der Waals surface area (Å²) in [4.78, 5) is 70.7. The molecule has 3 aromatic carbocycles. The Hall–Kier alpha value is -7.93. The smallest absolute Gasteiger partial charge is 0.341 e. The zero-order valence-corrected chi connectivity index (χ0v) is 59.3. The first-order valence-corrected chi connectivity index (χ1v) is 33.8. The number of fused-ring (bicyclic) bond motifs is 14. The number of anilines is 2. The third-order valence-corrected chi connectivity index (χ3v) is 19.5. The van der Waals surface area contributed by atoms with E-state index in [1.165, 1.54) is 65.6 Å². The van der Waals surface area contributed by atoms with Gasteiger partial charge in [0.15, 0.2) is 17.3 Å². The number of carbonyl (C=O) groups excluding carboxylic acids is 3. The number of halogens is 1. The number of ketones is 1. The van der Waals surface area contributed by atoms with E-state index in [-0.39, 0.29) is 93.4 Å². The minimum atomic E-state index is -2.04. The molecule has 12 atom stereocenters. The largest absolute Gasteiger partial charge is 0.507 e. The Bertz CT molecular complexity index is 3710. The number of carboxylic acid groups (broad SMARTS) is 1. The first kappa shape index (κ1) is 78.4. The summed E-state index contributed by atoms with van der Waals surface area (Å²) < 4.78 is 46.2. The molecule has 0 unspecified atom stereocenters. The number of hydrogen-bond donors (Lipinski definition) is 11. The van der Waals surface area contributed by atoms with E-state index in [1.54, 1.807) is 49.4 Å².